The second-order valence-electron chi connectivity index (χ2n) is 2.92. The third-order valence-corrected chi connectivity index (χ3v) is 1.94. The fourth-order valence-electron chi connectivity index (χ4n) is 1.24. The number of ether oxygens (including phenoxy) is 1. The first-order valence-corrected chi connectivity index (χ1v) is 3.92. The molecule has 1 aliphatic heterocycles. The largest absolute Gasteiger partial charge is 0.414 e. The van der Waals surface area contributed by atoms with Crippen LogP contribution in [0.4, 0.5) is 13.2 Å². The Hall–Kier alpha value is -0.780. The van der Waals surface area contributed by atoms with Gasteiger partial charge in [0, 0.05) is 0 Å². The number of halogens is 3. The van der Waals surface area contributed by atoms with Crippen LogP contribution in [0, 0.1) is 0 Å². The van der Waals surface area contributed by atoms with E-state index in [4.69, 9.17) is 0 Å². The Balaban J connectivity index is 2.34. The molecule has 1 N–H and O–H groups in total. The topological polar surface area (TPSA) is 38.3 Å². The minimum Gasteiger partial charge on any atom is -0.367 e. The molecule has 0 aliphatic carbocycles. The lowest BCUT2D eigenvalue weighted by molar-refractivity contribution is -0.232. The van der Waals surface area contributed by atoms with Crippen molar-refractivity contribution in [1.82, 2.24) is 5.32 Å². The second-order valence-corrected chi connectivity index (χ2v) is 2.92. The van der Waals surface area contributed by atoms with Gasteiger partial charge in [0.2, 0.25) is 6.41 Å². The molecule has 0 bridgehead atoms. The summed E-state index contributed by atoms with van der Waals surface area (Å²) in [5, 5.41) is 2.38. The fourth-order valence-corrected chi connectivity index (χ4v) is 1.24. The van der Waals surface area contributed by atoms with Crippen LogP contribution in [0.1, 0.15) is 12.8 Å². The summed E-state index contributed by atoms with van der Waals surface area (Å²) in [6.45, 7) is -0.0666. The Bertz CT molecular complexity index is 175. The molecule has 1 aliphatic rings. The zero-order valence-corrected chi connectivity index (χ0v) is 6.80. The molecule has 0 unspecified atom stereocenters. The summed E-state index contributed by atoms with van der Waals surface area (Å²) >= 11 is 0. The van der Waals surface area contributed by atoms with Gasteiger partial charge in [-0.25, -0.2) is 0 Å². The zero-order chi connectivity index (χ0) is 9.90. The molecule has 0 saturated carbocycles. The molecule has 6 heteroatoms. The molecule has 0 spiro atoms. The predicted molar refractivity (Wildman–Crippen MR) is 38.0 cm³/mol. The zero-order valence-electron chi connectivity index (χ0n) is 6.80. The highest BCUT2D eigenvalue weighted by Crippen LogP contribution is 2.29. The summed E-state index contributed by atoms with van der Waals surface area (Å²) < 4.78 is 40.7. The average molecular weight is 197 g/mol. The van der Waals surface area contributed by atoms with Gasteiger partial charge in [-0.3, -0.25) is 4.79 Å². The first-order chi connectivity index (χ1) is 6.04. The van der Waals surface area contributed by atoms with Crippen molar-refractivity contribution < 1.29 is 22.7 Å². The number of alkyl halides is 3. The number of hydrogen-bond acceptors (Lipinski definition) is 2. The van der Waals surface area contributed by atoms with Crippen LogP contribution in [-0.4, -0.2) is 31.3 Å². The Labute approximate surface area is 73.2 Å². The lowest BCUT2D eigenvalue weighted by Crippen LogP contribution is -2.44. The van der Waals surface area contributed by atoms with Crippen molar-refractivity contribution in [1.29, 1.82) is 0 Å². The van der Waals surface area contributed by atoms with Crippen LogP contribution in [0.3, 0.4) is 0 Å². The summed E-state index contributed by atoms with van der Waals surface area (Å²) in [7, 11) is 0. The summed E-state index contributed by atoms with van der Waals surface area (Å²) in [6, 6.07) is -0.281. The normalized spacial score (nSPS) is 29.8. The Morgan fingerprint density at radius 2 is 2.08 bits per heavy atom. The van der Waals surface area contributed by atoms with Gasteiger partial charge in [-0.05, 0) is 12.8 Å². The van der Waals surface area contributed by atoms with E-state index in [1.54, 1.807) is 0 Å². The van der Waals surface area contributed by atoms with E-state index in [1.807, 2.05) is 0 Å². The van der Waals surface area contributed by atoms with Crippen LogP contribution >= 0.6 is 0 Å². The number of carbonyl (C=O) groups excluding carboxylic acids is 1. The lowest BCUT2D eigenvalue weighted by Gasteiger charge is -2.29. The Kier molecular flexibility index (Phi) is 3.13. The van der Waals surface area contributed by atoms with Gasteiger partial charge in [-0.1, -0.05) is 0 Å². The monoisotopic (exact) mass is 197 g/mol. The van der Waals surface area contributed by atoms with Crippen molar-refractivity contribution in [2.24, 2.45) is 0 Å². The summed E-state index contributed by atoms with van der Waals surface area (Å²) in [6.07, 6.45) is -5.26. The molecule has 1 heterocycles. The van der Waals surface area contributed by atoms with E-state index in [2.05, 4.69) is 10.1 Å². The third kappa shape index (κ3) is 2.87. The molecular weight excluding hydrogens is 187 g/mol. The van der Waals surface area contributed by atoms with Gasteiger partial charge in [-0.15, -0.1) is 0 Å². The molecule has 1 amide bonds. The molecule has 0 aromatic carbocycles. The fraction of sp³-hybridized carbons (Fsp3) is 0.857. The molecule has 1 fully saturated rings. The molecule has 0 radical (unpaired) electrons. The van der Waals surface area contributed by atoms with Crippen molar-refractivity contribution in [2.75, 3.05) is 6.61 Å². The second kappa shape index (κ2) is 3.95. The smallest absolute Gasteiger partial charge is 0.367 e. The highest BCUT2D eigenvalue weighted by atomic mass is 19.4. The van der Waals surface area contributed by atoms with Crippen molar-refractivity contribution in [3.63, 3.8) is 0 Å². The van der Waals surface area contributed by atoms with Gasteiger partial charge in [0.05, 0.1) is 12.6 Å². The maximum Gasteiger partial charge on any atom is 0.414 e. The van der Waals surface area contributed by atoms with Crippen molar-refractivity contribution in [3.05, 3.63) is 0 Å². The van der Waals surface area contributed by atoms with E-state index >= 15 is 0 Å². The van der Waals surface area contributed by atoms with Crippen LogP contribution in [0.2, 0.25) is 0 Å². The van der Waals surface area contributed by atoms with Crippen molar-refractivity contribution >= 4 is 6.41 Å². The summed E-state index contributed by atoms with van der Waals surface area (Å²) in [5.74, 6) is 0. The molecule has 0 aromatic heterocycles. The summed E-state index contributed by atoms with van der Waals surface area (Å²) in [4.78, 5) is 9.96. The van der Waals surface area contributed by atoms with Crippen LogP contribution in [0.15, 0.2) is 0 Å². The quantitative estimate of drug-likeness (QED) is 0.666. The van der Waals surface area contributed by atoms with Gasteiger partial charge in [0.15, 0.2) is 6.10 Å². The molecule has 2 atom stereocenters. The highest BCUT2D eigenvalue weighted by Gasteiger charge is 2.42. The molecule has 1 rings (SSSR count). The van der Waals surface area contributed by atoms with E-state index in [1.165, 1.54) is 0 Å². The Morgan fingerprint density at radius 3 is 2.46 bits per heavy atom. The first kappa shape index (κ1) is 10.3. The molecule has 76 valence electrons. The molecular formula is C7H10F3NO2. The van der Waals surface area contributed by atoms with Gasteiger partial charge >= 0.3 is 6.18 Å². The van der Waals surface area contributed by atoms with Crippen LogP contribution < -0.4 is 5.32 Å². The molecule has 0 aromatic rings. The van der Waals surface area contributed by atoms with E-state index < -0.39 is 12.3 Å². The predicted octanol–water partition coefficient (Wildman–Crippen LogP) is 0.842. The number of carbonyl (C=O) groups is 1. The minimum absolute atomic E-state index is 0.0666. The molecule has 3 nitrogen and oxygen atoms in total. The van der Waals surface area contributed by atoms with E-state index in [0.29, 0.717) is 12.8 Å². The Morgan fingerprint density at radius 1 is 1.38 bits per heavy atom. The highest BCUT2D eigenvalue weighted by molar-refractivity contribution is 5.46. The average Bonchev–Trinajstić information content (AvgIpc) is 2.04. The minimum atomic E-state index is -4.29. The van der Waals surface area contributed by atoms with Gasteiger partial charge in [0.25, 0.3) is 0 Å². The van der Waals surface area contributed by atoms with Crippen molar-refractivity contribution in [3.8, 4) is 0 Å². The van der Waals surface area contributed by atoms with Gasteiger partial charge in [-0.2, -0.15) is 13.2 Å². The third-order valence-electron chi connectivity index (χ3n) is 1.94. The molecule has 13 heavy (non-hydrogen) atoms. The maximum absolute atomic E-state index is 12.0. The van der Waals surface area contributed by atoms with Gasteiger partial charge < -0.3 is 10.1 Å². The molecule has 1 saturated heterocycles. The number of rotatable bonds is 2. The standard InChI is InChI=1S/C7H10F3NO2/c8-7(9,10)6-2-1-5(3-13-6)11-4-12/h4-6H,1-3H2,(H,11,12)/t5-,6-/m0/s1. The number of nitrogens with one attached hydrogen (secondary N) is 1. The maximum atomic E-state index is 12.0. The SMILES string of the molecule is O=CN[C@H]1CC[C@@H](C(F)(F)F)OC1. The lowest BCUT2D eigenvalue weighted by atomic mass is 10.1. The first-order valence-electron chi connectivity index (χ1n) is 3.92. The van der Waals surface area contributed by atoms with Crippen molar-refractivity contribution in [2.45, 2.75) is 31.2 Å². The van der Waals surface area contributed by atoms with E-state index in [-0.39, 0.29) is 19.1 Å². The van der Waals surface area contributed by atoms with E-state index in [9.17, 15) is 18.0 Å². The van der Waals surface area contributed by atoms with Gasteiger partial charge in [0.1, 0.15) is 0 Å². The summed E-state index contributed by atoms with van der Waals surface area (Å²) in [5.41, 5.74) is 0. The van der Waals surface area contributed by atoms with E-state index in [0.717, 1.165) is 0 Å². The van der Waals surface area contributed by atoms with Crippen LogP contribution in [0.25, 0.3) is 0 Å². The van der Waals surface area contributed by atoms with Crippen LogP contribution in [0.5, 0.6) is 0 Å². The van der Waals surface area contributed by atoms with Crippen LogP contribution in [-0.2, 0) is 9.53 Å². The number of amides is 1. The number of hydrogen-bond donors (Lipinski definition) is 1.